The van der Waals surface area contributed by atoms with Crippen LogP contribution in [0.25, 0.3) is 5.82 Å². The standard InChI is InChI=1S/C18H15ClN4O3/c1-12-15(10-21-23(12)16-7-2-3-8-20-16)18(25)26-11-17(24)22-14-6-4-5-13(19)9-14/h2-10H,11H2,1H3,(H,22,24). The fraction of sp³-hybridized carbons (Fsp3) is 0.111. The minimum absolute atomic E-state index is 0.270. The zero-order valence-corrected chi connectivity index (χ0v) is 14.6. The number of nitrogens with zero attached hydrogens (tertiary/aromatic N) is 3. The maximum Gasteiger partial charge on any atom is 0.342 e. The summed E-state index contributed by atoms with van der Waals surface area (Å²) in [4.78, 5) is 28.3. The number of hydrogen-bond acceptors (Lipinski definition) is 5. The van der Waals surface area contributed by atoms with Gasteiger partial charge in [0, 0.05) is 16.9 Å². The van der Waals surface area contributed by atoms with Crippen molar-refractivity contribution in [1.82, 2.24) is 14.8 Å². The second kappa shape index (κ2) is 7.79. The molecule has 0 saturated carbocycles. The molecule has 0 fully saturated rings. The number of amides is 1. The summed E-state index contributed by atoms with van der Waals surface area (Å²) < 4.78 is 6.60. The Kier molecular flexibility index (Phi) is 5.28. The Hall–Kier alpha value is -3.19. The lowest BCUT2D eigenvalue weighted by Gasteiger charge is -2.07. The van der Waals surface area contributed by atoms with E-state index in [2.05, 4.69) is 15.4 Å². The second-order valence-electron chi connectivity index (χ2n) is 5.38. The van der Waals surface area contributed by atoms with E-state index in [9.17, 15) is 9.59 Å². The SMILES string of the molecule is Cc1c(C(=O)OCC(=O)Nc2cccc(Cl)c2)cnn1-c1ccccn1. The molecule has 1 amide bonds. The highest BCUT2D eigenvalue weighted by molar-refractivity contribution is 6.30. The third-order valence-corrected chi connectivity index (χ3v) is 3.77. The van der Waals surface area contributed by atoms with Gasteiger partial charge in [-0.15, -0.1) is 0 Å². The molecule has 3 rings (SSSR count). The molecule has 8 heteroatoms. The maximum atomic E-state index is 12.2. The number of pyridine rings is 1. The zero-order chi connectivity index (χ0) is 18.5. The molecule has 7 nitrogen and oxygen atoms in total. The Balaban J connectivity index is 1.62. The number of ether oxygens (including phenoxy) is 1. The van der Waals surface area contributed by atoms with Gasteiger partial charge in [-0.05, 0) is 37.3 Å². The van der Waals surface area contributed by atoms with Crippen molar-refractivity contribution < 1.29 is 14.3 Å². The summed E-state index contributed by atoms with van der Waals surface area (Å²) >= 11 is 5.86. The number of esters is 1. The molecular formula is C18H15ClN4O3. The first-order chi connectivity index (χ1) is 12.5. The molecule has 2 heterocycles. The van der Waals surface area contributed by atoms with Crippen molar-refractivity contribution in [2.24, 2.45) is 0 Å². The van der Waals surface area contributed by atoms with Crippen molar-refractivity contribution in [3.05, 3.63) is 71.1 Å². The topological polar surface area (TPSA) is 86.1 Å². The first kappa shape index (κ1) is 17.6. The fourth-order valence-electron chi connectivity index (χ4n) is 2.29. The average molecular weight is 371 g/mol. The zero-order valence-electron chi connectivity index (χ0n) is 13.8. The molecule has 0 radical (unpaired) electrons. The van der Waals surface area contributed by atoms with E-state index in [1.807, 2.05) is 6.07 Å². The predicted octanol–water partition coefficient (Wildman–Crippen LogP) is 3.02. The molecule has 0 atom stereocenters. The van der Waals surface area contributed by atoms with E-state index in [1.54, 1.807) is 49.5 Å². The number of halogens is 1. The molecule has 0 aliphatic carbocycles. The van der Waals surface area contributed by atoms with Crippen LogP contribution in [0.3, 0.4) is 0 Å². The number of benzene rings is 1. The number of nitrogens with one attached hydrogen (secondary N) is 1. The molecule has 1 aromatic carbocycles. The van der Waals surface area contributed by atoms with Gasteiger partial charge in [-0.25, -0.2) is 14.5 Å². The minimum Gasteiger partial charge on any atom is -0.452 e. The molecule has 3 aromatic rings. The highest BCUT2D eigenvalue weighted by atomic mass is 35.5. The van der Waals surface area contributed by atoms with E-state index in [-0.39, 0.29) is 5.56 Å². The molecule has 0 bridgehead atoms. The highest BCUT2D eigenvalue weighted by Crippen LogP contribution is 2.15. The van der Waals surface area contributed by atoms with Crippen LogP contribution in [-0.2, 0) is 9.53 Å². The van der Waals surface area contributed by atoms with Gasteiger partial charge < -0.3 is 10.1 Å². The average Bonchev–Trinajstić information content (AvgIpc) is 3.02. The molecule has 0 spiro atoms. The van der Waals surface area contributed by atoms with Gasteiger partial charge in [-0.3, -0.25) is 4.79 Å². The Bertz CT molecular complexity index is 941. The Morgan fingerprint density at radius 1 is 1.23 bits per heavy atom. The van der Waals surface area contributed by atoms with Crippen LogP contribution in [0.4, 0.5) is 5.69 Å². The second-order valence-corrected chi connectivity index (χ2v) is 5.81. The van der Waals surface area contributed by atoms with E-state index in [0.29, 0.717) is 22.2 Å². The van der Waals surface area contributed by atoms with Crippen molar-refractivity contribution in [2.75, 3.05) is 11.9 Å². The normalized spacial score (nSPS) is 10.4. The first-order valence-corrected chi connectivity index (χ1v) is 8.11. The number of carbonyl (C=O) groups excluding carboxylic acids is 2. The molecular weight excluding hydrogens is 356 g/mol. The quantitative estimate of drug-likeness (QED) is 0.698. The monoisotopic (exact) mass is 370 g/mol. The molecule has 132 valence electrons. The van der Waals surface area contributed by atoms with Crippen LogP contribution in [0.15, 0.2) is 54.9 Å². The smallest absolute Gasteiger partial charge is 0.342 e. The van der Waals surface area contributed by atoms with Gasteiger partial charge in [0.15, 0.2) is 12.4 Å². The van der Waals surface area contributed by atoms with E-state index < -0.39 is 18.5 Å². The van der Waals surface area contributed by atoms with E-state index >= 15 is 0 Å². The highest BCUT2D eigenvalue weighted by Gasteiger charge is 2.18. The van der Waals surface area contributed by atoms with Crippen molar-refractivity contribution in [3.8, 4) is 5.82 Å². The Morgan fingerprint density at radius 3 is 2.81 bits per heavy atom. The summed E-state index contributed by atoms with van der Waals surface area (Å²) in [6, 6.07) is 12.1. The minimum atomic E-state index is -0.633. The summed E-state index contributed by atoms with van der Waals surface area (Å²) in [6.07, 6.45) is 3.02. The number of rotatable bonds is 5. The van der Waals surface area contributed by atoms with Crippen LogP contribution >= 0.6 is 11.6 Å². The molecule has 2 aromatic heterocycles. The number of carbonyl (C=O) groups is 2. The van der Waals surface area contributed by atoms with Gasteiger partial charge in [-0.1, -0.05) is 23.7 Å². The number of anilines is 1. The Labute approximate surface area is 154 Å². The predicted molar refractivity (Wildman–Crippen MR) is 96.5 cm³/mol. The van der Waals surface area contributed by atoms with E-state index in [4.69, 9.17) is 16.3 Å². The summed E-state index contributed by atoms with van der Waals surface area (Å²) in [5.74, 6) is -0.510. The van der Waals surface area contributed by atoms with Crippen LogP contribution in [0, 0.1) is 6.92 Å². The summed E-state index contributed by atoms with van der Waals surface area (Å²) in [7, 11) is 0. The van der Waals surface area contributed by atoms with Crippen molar-refractivity contribution in [3.63, 3.8) is 0 Å². The van der Waals surface area contributed by atoms with Gasteiger partial charge in [0.2, 0.25) is 0 Å². The van der Waals surface area contributed by atoms with Gasteiger partial charge >= 0.3 is 5.97 Å². The van der Waals surface area contributed by atoms with Gasteiger partial charge in [0.25, 0.3) is 5.91 Å². The molecule has 26 heavy (non-hydrogen) atoms. The summed E-state index contributed by atoms with van der Waals surface area (Å²) in [5, 5.41) is 7.25. The van der Waals surface area contributed by atoms with Crippen LogP contribution in [0.5, 0.6) is 0 Å². The van der Waals surface area contributed by atoms with E-state index in [0.717, 1.165) is 0 Å². The molecule has 0 aliphatic heterocycles. The fourth-order valence-corrected chi connectivity index (χ4v) is 2.48. The van der Waals surface area contributed by atoms with Crippen LogP contribution in [0.2, 0.25) is 5.02 Å². The van der Waals surface area contributed by atoms with Gasteiger partial charge in [0.05, 0.1) is 11.9 Å². The van der Waals surface area contributed by atoms with E-state index in [1.165, 1.54) is 10.9 Å². The Morgan fingerprint density at radius 2 is 2.08 bits per heavy atom. The van der Waals surface area contributed by atoms with Gasteiger partial charge in [0.1, 0.15) is 5.56 Å². The molecule has 0 aliphatic rings. The molecule has 1 N–H and O–H groups in total. The van der Waals surface area contributed by atoms with Crippen LogP contribution in [-0.4, -0.2) is 33.2 Å². The van der Waals surface area contributed by atoms with Crippen LogP contribution < -0.4 is 5.32 Å². The summed E-state index contributed by atoms with van der Waals surface area (Å²) in [5.41, 5.74) is 1.37. The van der Waals surface area contributed by atoms with Crippen LogP contribution in [0.1, 0.15) is 16.1 Å². The summed E-state index contributed by atoms with van der Waals surface area (Å²) in [6.45, 7) is 1.31. The number of aromatic nitrogens is 3. The third kappa shape index (κ3) is 4.07. The third-order valence-electron chi connectivity index (χ3n) is 3.54. The lowest BCUT2D eigenvalue weighted by Crippen LogP contribution is -2.21. The largest absolute Gasteiger partial charge is 0.452 e. The first-order valence-electron chi connectivity index (χ1n) is 7.73. The lowest BCUT2D eigenvalue weighted by atomic mass is 10.2. The van der Waals surface area contributed by atoms with Crippen molar-refractivity contribution >= 4 is 29.2 Å². The molecule has 0 unspecified atom stereocenters. The van der Waals surface area contributed by atoms with Crippen molar-refractivity contribution in [1.29, 1.82) is 0 Å². The van der Waals surface area contributed by atoms with Gasteiger partial charge in [-0.2, -0.15) is 5.10 Å². The maximum absolute atomic E-state index is 12.2. The number of hydrogen-bond donors (Lipinski definition) is 1. The molecule has 0 saturated heterocycles. The lowest BCUT2D eigenvalue weighted by molar-refractivity contribution is -0.119. The van der Waals surface area contributed by atoms with Crippen molar-refractivity contribution in [2.45, 2.75) is 6.92 Å².